The summed E-state index contributed by atoms with van der Waals surface area (Å²) in [6, 6.07) is 8.82. The van der Waals surface area contributed by atoms with E-state index in [1.807, 2.05) is 16.3 Å². The fourth-order valence-electron chi connectivity index (χ4n) is 4.10. The summed E-state index contributed by atoms with van der Waals surface area (Å²) in [5, 5.41) is 7.86. The third-order valence-electron chi connectivity index (χ3n) is 5.95. The lowest BCUT2D eigenvalue weighted by molar-refractivity contribution is -0.126. The Labute approximate surface area is 190 Å². The van der Waals surface area contributed by atoms with Crippen LogP contribution in [0.3, 0.4) is 0 Å². The van der Waals surface area contributed by atoms with Gasteiger partial charge in [0.25, 0.3) is 11.8 Å². The first-order chi connectivity index (χ1) is 15.4. The molecule has 2 aromatic rings. The zero-order chi connectivity index (χ0) is 22.7. The highest BCUT2D eigenvalue weighted by molar-refractivity contribution is 7.09. The van der Waals surface area contributed by atoms with Crippen molar-refractivity contribution >= 4 is 40.7 Å². The number of hydrogen-bond acceptors (Lipinski definition) is 6. The van der Waals surface area contributed by atoms with Crippen LogP contribution in [0.5, 0.6) is 0 Å². The van der Waals surface area contributed by atoms with Crippen molar-refractivity contribution in [2.24, 2.45) is 5.92 Å². The maximum atomic E-state index is 12.5. The van der Waals surface area contributed by atoms with E-state index in [0.717, 1.165) is 24.2 Å². The number of fused-ring (bicyclic) bond motifs is 1. The van der Waals surface area contributed by atoms with E-state index in [9.17, 15) is 19.2 Å². The van der Waals surface area contributed by atoms with E-state index in [-0.39, 0.29) is 36.1 Å². The van der Waals surface area contributed by atoms with Crippen LogP contribution in [0.2, 0.25) is 0 Å². The van der Waals surface area contributed by atoms with Gasteiger partial charge >= 0.3 is 0 Å². The Morgan fingerprint density at radius 2 is 1.84 bits per heavy atom. The van der Waals surface area contributed by atoms with Crippen molar-refractivity contribution in [3.05, 3.63) is 51.7 Å². The first-order valence-electron chi connectivity index (χ1n) is 10.7. The predicted molar refractivity (Wildman–Crippen MR) is 122 cm³/mol. The highest BCUT2D eigenvalue weighted by atomic mass is 32.1. The molecule has 1 aromatic carbocycles. The van der Waals surface area contributed by atoms with Crippen molar-refractivity contribution in [1.29, 1.82) is 0 Å². The molecular formula is C23H26N4O4S. The van der Waals surface area contributed by atoms with Crippen LogP contribution >= 0.6 is 11.3 Å². The van der Waals surface area contributed by atoms with E-state index < -0.39 is 0 Å². The number of nitrogens with one attached hydrogen (secondary N) is 2. The van der Waals surface area contributed by atoms with Crippen LogP contribution in [0.25, 0.3) is 0 Å². The van der Waals surface area contributed by atoms with Crippen LogP contribution in [0.1, 0.15) is 38.4 Å². The molecule has 0 saturated carbocycles. The molecule has 0 atom stereocenters. The number of imide groups is 1. The summed E-state index contributed by atoms with van der Waals surface area (Å²) in [7, 11) is 1.44. The minimum Gasteiger partial charge on any atom is -0.355 e. The van der Waals surface area contributed by atoms with Crippen LogP contribution in [0.4, 0.5) is 5.69 Å². The molecule has 4 amide bonds. The quantitative estimate of drug-likeness (QED) is 0.624. The van der Waals surface area contributed by atoms with E-state index >= 15 is 0 Å². The normalized spacial score (nSPS) is 16.8. The summed E-state index contributed by atoms with van der Waals surface area (Å²) in [5.41, 5.74) is 1.15. The average molecular weight is 455 g/mol. The molecule has 0 unspecified atom stereocenters. The Morgan fingerprint density at radius 3 is 2.56 bits per heavy atom. The number of benzene rings is 1. The van der Waals surface area contributed by atoms with Crippen molar-refractivity contribution in [3.8, 4) is 0 Å². The van der Waals surface area contributed by atoms with Gasteiger partial charge in [-0.15, -0.1) is 11.3 Å². The molecule has 2 aliphatic rings. The van der Waals surface area contributed by atoms with Crippen LogP contribution in [0.15, 0.2) is 35.7 Å². The van der Waals surface area contributed by atoms with Crippen molar-refractivity contribution in [3.63, 3.8) is 0 Å². The molecule has 9 heteroatoms. The number of rotatable bonds is 7. The second kappa shape index (κ2) is 9.62. The predicted octanol–water partition coefficient (Wildman–Crippen LogP) is 1.98. The van der Waals surface area contributed by atoms with E-state index in [1.54, 1.807) is 29.5 Å². The number of carbonyl (C=O) groups is 4. The molecule has 4 rings (SSSR count). The van der Waals surface area contributed by atoms with Gasteiger partial charge in [-0.2, -0.15) is 0 Å². The number of anilines is 1. The summed E-state index contributed by atoms with van der Waals surface area (Å²) < 4.78 is 0. The van der Waals surface area contributed by atoms with Crippen molar-refractivity contribution in [1.82, 2.24) is 15.1 Å². The lowest BCUT2D eigenvalue weighted by atomic mass is 9.96. The van der Waals surface area contributed by atoms with E-state index in [2.05, 4.69) is 16.7 Å². The minimum atomic E-state index is -0.364. The maximum absolute atomic E-state index is 12.5. The second-order valence-electron chi connectivity index (χ2n) is 8.15. The van der Waals surface area contributed by atoms with E-state index in [4.69, 9.17) is 0 Å². The first kappa shape index (κ1) is 22.2. The van der Waals surface area contributed by atoms with Crippen LogP contribution < -0.4 is 10.6 Å². The Bertz CT molecular complexity index is 1030. The van der Waals surface area contributed by atoms with Crippen molar-refractivity contribution in [2.75, 3.05) is 38.5 Å². The number of hydrogen-bond donors (Lipinski definition) is 2. The zero-order valence-electron chi connectivity index (χ0n) is 17.9. The summed E-state index contributed by atoms with van der Waals surface area (Å²) in [6.45, 7) is 2.22. The standard InChI is InChI=1S/C23H26N4O4S/c1-26-22(30)18-5-4-16(13-19(18)23(26)31)25-20(28)14-27-10-7-15(8-11-27)21(29)24-9-6-17-3-2-12-32-17/h2-5,12-13,15H,6-11,14H2,1H3,(H,24,29)(H,25,28). The van der Waals surface area contributed by atoms with E-state index in [0.29, 0.717) is 36.4 Å². The molecule has 0 radical (unpaired) electrons. The number of piperidine rings is 1. The molecule has 0 aliphatic carbocycles. The first-order valence-corrected chi connectivity index (χ1v) is 11.6. The topological polar surface area (TPSA) is 98.8 Å². The monoisotopic (exact) mass is 454 g/mol. The van der Waals surface area contributed by atoms with Gasteiger partial charge in [0.2, 0.25) is 11.8 Å². The minimum absolute atomic E-state index is 0.0186. The molecule has 8 nitrogen and oxygen atoms in total. The van der Waals surface area contributed by atoms with Gasteiger partial charge in [0.1, 0.15) is 0 Å². The van der Waals surface area contributed by atoms with E-state index in [1.165, 1.54) is 11.9 Å². The molecule has 1 fully saturated rings. The summed E-state index contributed by atoms with van der Waals surface area (Å²) in [5.74, 6) is -0.810. The van der Waals surface area contributed by atoms with Gasteiger partial charge < -0.3 is 10.6 Å². The molecule has 3 heterocycles. The SMILES string of the molecule is CN1C(=O)c2ccc(NC(=O)CN3CCC(C(=O)NCCc4cccs4)CC3)cc2C1=O. The van der Waals surface area contributed by atoms with Gasteiger partial charge in [0.05, 0.1) is 17.7 Å². The molecule has 2 N–H and O–H groups in total. The molecular weight excluding hydrogens is 428 g/mol. The van der Waals surface area contributed by atoms with Crippen molar-refractivity contribution in [2.45, 2.75) is 19.3 Å². The Balaban J connectivity index is 1.21. The van der Waals surface area contributed by atoms with Gasteiger partial charge in [-0.25, -0.2) is 0 Å². The van der Waals surface area contributed by atoms with Gasteiger partial charge in [-0.3, -0.25) is 29.0 Å². The Kier molecular flexibility index (Phi) is 6.66. The lowest BCUT2D eigenvalue weighted by Gasteiger charge is -2.30. The molecule has 0 spiro atoms. The number of amides is 4. The maximum Gasteiger partial charge on any atom is 0.261 e. The van der Waals surface area contributed by atoms with Gasteiger partial charge in [0.15, 0.2) is 0 Å². The smallest absolute Gasteiger partial charge is 0.261 e. The lowest BCUT2D eigenvalue weighted by Crippen LogP contribution is -2.43. The molecule has 32 heavy (non-hydrogen) atoms. The summed E-state index contributed by atoms with van der Waals surface area (Å²) in [6.07, 6.45) is 2.29. The largest absolute Gasteiger partial charge is 0.355 e. The number of thiophene rings is 1. The third-order valence-corrected chi connectivity index (χ3v) is 6.89. The number of likely N-dealkylation sites (tertiary alicyclic amines) is 1. The van der Waals surface area contributed by atoms with Crippen molar-refractivity contribution < 1.29 is 19.2 Å². The fourth-order valence-corrected chi connectivity index (χ4v) is 4.81. The third kappa shape index (κ3) is 4.89. The van der Waals surface area contributed by atoms with Crippen LogP contribution in [0, 0.1) is 5.92 Å². The zero-order valence-corrected chi connectivity index (χ0v) is 18.7. The second-order valence-corrected chi connectivity index (χ2v) is 9.18. The molecule has 0 bridgehead atoms. The Morgan fingerprint density at radius 1 is 1.09 bits per heavy atom. The van der Waals surface area contributed by atoms with Gasteiger partial charge in [-0.05, 0) is 62.0 Å². The molecule has 1 aromatic heterocycles. The molecule has 1 saturated heterocycles. The van der Waals surface area contributed by atoms with Crippen LogP contribution in [-0.4, -0.2) is 66.7 Å². The summed E-state index contributed by atoms with van der Waals surface area (Å²) >= 11 is 1.69. The fraction of sp³-hybridized carbons (Fsp3) is 0.391. The average Bonchev–Trinajstić information content (AvgIpc) is 3.37. The molecule has 168 valence electrons. The Hall–Kier alpha value is -3.04. The highest BCUT2D eigenvalue weighted by Crippen LogP contribution is 2.25. The number of carbonyl (C=O) groups excluding carboxylic acids is 4. The number of nitrogens with zero attached hydrogens (tertiary/aromatic N) is 2. The molecule has 2 aliphatic heterocycles. The van der Waals surface area contributed by atoms with Gasteiger partial charge in [-0.1, -0.05) is 6.07 Å². The highest BCUT2D eigenvalue weighted by Gasteiger charge is 2.33. The van der Waals surface area contributed by atoms with Gasteiger partial charge in [0, 0.05) is 30.1 Å². The van der Waals surface area contributed by atoms with Crippen LogP contribution in [-0.2, 0) is 16.0 Å². The summed E-state index contributed by atoms with van der Waals surface area (Å²) in [4.78, 5) is 53.3.